The number of nitrogens with one attached hydrogen (secondary N) is 2. The van der Waals surface area contributed by atoms with Crippen molar-refractivity contribution < 1.29 is 18.9 Å². The van der Waals surface area contributed by atoms with Gasteiger partial charge in [0.25, 0.3) is 0 Å². The lowest BCUT2D eigenvalue weighted by Gasteiger charge is -2.26. The second kappa shape index (κ2) is 10.6. The normalized spacial score (nSPS) is 14.1. The van der Waals surface area contributed by atoms with Crippen LogP contribution in [-0.2, 0) is 4.74 Å². The molecular weight excluding hydrogens is 466 g/mol. The second-order valence-electron chi connectivity index (χ2n) is 8.03. The van der Waals surface area contributed by atoms with Gasteiger partial charge in [0.1, 0.15) is 12.9 Å². The van der Waals surface area contributed by atoms with Crippen molar-refractivity contribution in [2.75, 3.05) is 59.0 Å². The van der Waals surface area contributed by atoms with E-state index >= 15 is 0 Å². The molecule has 0 radical (unpaired) electrons. The number of benzene rings is 2. The maximum atomic E-state index is 12.6. The van der Waals surface area contributed by atoms with Gasteiger partial charge in [-0.1, -0.05) is 12.1 Å². The molecule has 2 aromatic heterocycles. The fourth-order valence-corrected chi connectivity index (χ4v) is 4.06. The number of morpholine rings is 1. The summed E-state index contributed by atoms with van der Waals surface area (Å²) in [6.45, 7) is 4.47. The zero-order chi connectivity index (χ0) is 24.9. The number of methoxy groups -OCH3 is 2. The van der Waals surface area contributed by atoms with E-state index < -0.39 is 0 Å². The van der Waals surface area contributed by atoms with Crippen molar-refractivity contribution >= 4 is 22.7 Å². The molecule has 3 heterocycles. The number of nitrogens with zero attached hydrogens (tertiary/aromatic N) is 5. The van der Waals surface area contributed by atoms with Crippen molar-refractivity contribution in [2.45, 2.75) is 0 Å². The Hall–Kier alpha value is -4.16. The van der Waals surface area contributed by atoms with Crippen molar-refractivity contribution in [1.29, 1.82) is 0 Å². The number of hydrogen-bond donors (Lipinski definition) is 2. The standard InChI is InChI=1S/C24H27N7O5/c1-33-19-13-16(14-20(21(19)34-2)36-12-9-30-7-10-35-11-8-30)27-22-25-15-26-23(29-22)31-18-6-4-3-5-17(18)28-24(31)32/h3-6,13-15H,7-12H2,1-2H3,(H,28,32)(H,25,26,27,29). The Bertz CT molecular complexity index is 1400. The van der Waals surface area contributed by atoms with Crippen LogP contribution in [0.25, 0.3) is 17.0 Å². The third-order valence-corrected chi connectivity index (χ3v) is 5.82. The van der Waals surface area contributed by atoms with Crippen LogP contribution >= 0.6 is 0 Å². The van der Waals surface area contributed by atoms with Crippen molar-refractivity contribution in [3.63, 3.8) is 0 Å². The SMILES string of the molecule is COc1cc(Nc2ncnc(-n3c(=O)[nH]c4ccccc43)n2)cc(OCCN2CCOCC2)c1OC. The molecule has 0 aliphatic carbocycles. The Morgan fingerprint density at radius 3 is 2.69 bits per heavy atom. The lowest BCUT2D eigenvalue weighted by Crippen LogP contribution is -2.38. The molecule has 12 nitrogen and oxygen atoms in total. The highest BCUT2D eigenvalue weighted by molar-refractivity contribution is 5.76. The lowest BCUT2D eigenvalue weighted by atomic mass is 10.2. The van der Waals surface area contributed by atoms with Crippen LogP contribution in [0.3, 0.4) is 0 Å². The molecule has 1 aliphatic heterocycles. The van der Waals surface area contributed by atoms with E-state index in [0.717, 1.165) is 32.8 Å². The number of ether oxygens (including phenoxy) is 4. The highest BCUT2D eigenvalue weighted by Gasteiger charge is 2.17. The third kappa shape index (κ3) is 4.95. The minimum atomic E-state index is -0.338. The van der Waals surface area contributed by atoms with Crippen LogP contribution in [0.15, 0.2) is 47.5 Å². The number of rotatable bonds is 9. The molecule has 2 N–H and O–H groups in total. The Morgan fingerprint density at radius 2 is 1.89 bits per heavy atom. The third-order valence-electron chi connectivity index (χ3n) is 5.82. The molecule has 1 aliphatic rings. The Labute approximate surface area is 206 Å². The summed E-state index contributed by atoms with van der Waals surface area (Å²) in [5.74, 6) is 1.95. The molecule has 36 heavy (non-hydrogen) atoms. The lowest BCUT2D eigenvalue weighted by molar-refractivity contribution is 0.0321. The second-order valence-corrected chi connectivity index (χ2v) is 8.03. The van der Waals surface area contributed by atoms with Gasteiger partial charge in [0.2, 0.25) is 17.6 Å². The average molecular weight is 494 g/mol. The van der Waals surface area contributed by atoms with Crippen molar-refractivity contribution in [2.24, 2.45) is 0 Å². The quantitative estimate of drug-likeness (QED) is 0.357. The van der Waals surface area contributed by atoms with Crippen LogP contribution in [0.1, 0.15) is 0 Å². The molecule has 0 amide bonds. The summed E-state index contributed by atoms with van der Waals surface area (Å²) in [5, 5.41) is 3.15. The first-order valence-electron chi connectivity index (χ1n) is 11.5. The Kier molecular flexibility index (Phi) is 6.96. The summed E-state index contributed by atoms with van der Waals surface area (Å²) in [5.41, 5.74) is 1.64. The summed E-state index contributed by atoms with van der Waals surface area (Å²) in [6, 6.07) is 10.9. The molecule has 2 aromatic carbocycles. The molecule has 188 valence electrons. The highest BCUT2D eigenvalue weighted by Crippen LogP contribution is 2.40. The molecule has 0 saturated carbocycles. The summed E-state index contributed by atoms with van der Waals surface area (Å²) in [6.07, 6.45) is 1.35. The number of para-hydroxylation sites is 2. The molecule has 0 bridgehead atoms. The number of imidazole rings is 1. The maximum Gasteiger partial charge on any atom is 0.333 e. The minimum absolute atomic E-state index is 0.192. The summed E-state index contributed by atoms with van der Waals surface area (Å²) >= 11 is 0. The van der Waals surface area contributed by atoms with Gasteiger partial charge < -0.3 is 29.2 Å². The van der Waals surface area contributed by atoms with Gasteiger partial charge >= 0.3 is 5.69 Å². The van der Waals surface area contributed by atoms with Gasteiger partial charge in [-0.2, -0.15) is 4.98 Å². The summed E-state index contributed by atoms with van der Waals surface area (Å²) in [7, 11) is 3.13. The first kappa shape index (κ1) is 23.6. The van der Waals surface area contributed by atoms with Crippen LogP contribution < -0.4 is 25.2 Å². The van der Waals surface area contributed by atoms with E-state index in [1.165, 1.54) is 10.9 Å². The highest BCUT2D eigenvalue weighted by atomic mass is 16.5. The Morgan fingerprint density at radius 1 is 1.08 bits per heavy atom. The predicted octanol–water partition coefficient (Wildman–Crippen LogP) is 1.98. The van der Waals surface area contributed by atoms with Crippen LogP contribution in [0.5, 0.6) is 17.2 Å². The molecule has 0 unspecified atom stereocenters. The minimum Gasteiger partial charge on any atom is -0.493 e. The zero-order valence-corrected chi connectivity index (χ0v) is 20.1. The summed E-state index contributed by atoms with van der Waals surface area (Å²) < 4.78 is 23.9. The van der Waals surface area contributed by atoms with Gasteiger partial charge in [-0.3, -0.25) is 4.90 Å². The molecule has 0 atom stereocenters. The molecule has 4 aromatic rings. The van der Waals surface area contributed by atoms with Gasteiger partial charge in [0.15, 0.2) is 11.5 Å². The van der Waals surface area contributed by atoms with E-state index in [-0.39, 0.29) is 17.6 Å². The largest absolute Gasteiger partial charge is 0.493 e. The van der Waals surface area contributed by atoms with E-state index in [9.17, 15) is 4.79 Å². The first-order valence-corrected chi connectivity index (χ1v) is 11.5. The monoisotopic (exact) mass is 493 g/mol. The number of hydrogen-bond acceptors (Lipinski definition) is 10. The van der Waals surface area contributed by atoms with Gasteiger partial charge in [-0.15, -0.1) is 0 Å². The van der Waals surface area contributed by atoms with Gasteiger partial charge in [-0.05, 0) is 12.1 Å². The Balaban J connectivity index is 1.39. The number of fused-ring (bicyclic) bond motifs is 1. The van der Waals surface area contributed by atoms with Gasteiger partial charge in [0.05, 0.1) is 38.5 Å². The smallest absolute Gasteiger partial charge is 0.333 e. The fraction of sp³-hybridized carbons (Fsp3) is 0.333. The van der Waals surface area contributed by atoms with Crippen molar-refractivity contribution in [3.8, 4) is 23.2 Å². The predicted molar refractivity (Wildman–Crippen MR) is 133 cm³/mol. The van der Waals surface area contributed by atoms with Gasteiger partial charge in [-0.25, -0.2) is 19.3 Å². The molecule has 12 heteroatoms. The van der Waals surface area contributed by atoms with Crippen molar-refractivity contribution in [1.82, 2.24) is 29.4 Å². The maximum absolute atomic E-state index is 12.6. The van der Waals surface area contributed by atoms with E-state index in [2.05, 4.69) is 30.2 Å². The van der Waals surface area contributed by atoms with E-state index in [1.54, 1.807) is 26.4 Å². The number of aromatic amines is 1. The zero-order valence-electron chi connectivity index (χ0n) is 20.1. The first-order chi connectivity index (χ1) is 17.7. The molecule has 1 saturated heterocycles. The number of anilines is 2. The van der Waals surface area contributed by atoms with Crippen LogP contribution in [-0.4, -0.2) is 83.1 Å². The van der Waals surface area contributed by atoms with Gasteiger partial charge in [0, 0.05) is 37.5 Å². The van der Waals surface area contributed by atoms with Crippen LogP contribution in [0, 0.1) is 0 Å². The molecular formula is C24H27N7O5. The fourth-order valence-electron chi connectivity index (χ4n) is 4.06. The molecule has 5 rings (SSSR count). The molecule has 1 fully saturated rings. The average Bonchev–Trinajstić information content (AvgIpc) is 3.24. The van der Waals surface area contributed by atoms with E-state index in [1.807, 2.05) is 24.3 Å². The van der Waals surface area contributed by atoms with Crippen molar-refractivity contribution in [3.05, 3.63) is 53.2 Å². The van der Waals surface area contributed by atoms with E-state index in [4.69, 9.17) is 18.9 Å². The van der Waals surface area contributed by atoms with Crippen LogP contribution in [0.2, 0.25) is 0 Å². The topological polar surface area (TPSA) is 129 Å². The van der Waals surface area contributed by atoms with E-state index in [0.29, 0.717) is 40.6 Å². The van der Waals surface area contributed by atoms with Crippen LogP contribution in [0.4, 0.5) is 11.6 Å². The number of H-pyrrole nitrogens is 1. The molecule has 0 spiro atoms. The summed E-state index contributed by atoms with van der Waals surface area (Å²) in [4.78, 5) is 30.5. The number of aromatic nitrogens is 5.